The van der Waals surface area contributed by atoms with Gasteiger partial charge in [-0.25, -0.2) is 4.72 Å². The number of benzene rings is 1. The summed E-state index contributed by atoms with van der Waals surface area (Å²) in [7, 11) is 1.54. The number of aryl methyl sites for hydroxylation is 3. The molecule has 1 aromatic carbocycles. The number of fused-ring (bicyclic) bond motifs is 2. The summed E-state index contributed by atoms with van der Waals surface area (Å²) in [5, 5.41) is 4.03. The van der Waals surface area contributed by atoms with Crippen LogP contribution in [0.25, 0.3) is 0 Å². The second kappa shape index (κ2) is 7.81. The van der Waals surface area contributed by atoms with Crippen LogP contribution in [0.2, 0.25) is 0 Å². The summed E-state index contributed by atoms with van der Waals surface area (Å²) in [6.07, 6.45) is 6.37. The van der Waals surface area contributed by atoms with Crippen LogP contribution in [0.3, 0.4) is 0 Å². The first-order valence-corrected chi connectivity index (χ1v) is 12.1. The quantitative estimate of drug-likeness (QED) is 0.758. The van der Waals surface area contributed by atoms with Crippen molar-refractivity contribution < 1.29 is 13.2 Å². The van der Waals surface area contributed by atoms with E-state index in [4.69, 9.17) is 0 Å². The number of carbonyl (C=O) groups is 1. The van der Waals surface area contributed by atoms with Crippen LogP contribution in [0, 0.1) is 0 Å². The molecule has 0 fully saturated rings. The van der Waals surface area contributed by atoms with Gasteiger partial charge in [-0.2, -0.15) is 13.5 Å². The number of nitrogens with zero attached hydrogens (tertiary/aromatic N) is 3. The summed E-state index contributed by atoms with van der Waals surface area (Å²) >= 11 is 0. The third kappa shape index (κ3) is 3.78. The molecule has 1 aromatic heterocycles. The molecule has 0 aliphatic heterocycles. The predicted molar refractivity (Wildman–Crippen MR) is 115 cm³/mol. The molecule has 2 aliphatic carbocycles. The van der Waals surface area contributed by atoms with Crippen molar-refractivity contribution in [2.75, 3.05) is 14.1 Å². The first-order chi connectivity index (χ1) is 14.2. The van der Waals surface area contributed by atoms with Gasteiger partial charge in [0.25, 0.3) is 10.0 Å². The zero-order valence-corrected chi connectivity index (χ0v) is 19.0. The molecule has 8 heteroatoms. The Bertz CT molecular complexity index is 1070. The molecule has 1 unspecified atom stereocenters. The molecule has 2 aliphatic rings. The van der Waals surface area contributed by atoms with E-state index < -0.39 is 15.9 Å². The molecule has 1 amide bonds. The second-order valence-electron chi connectivity index (χ2n) is 8.71. The number of amides is 1. The Balaban J connectivity index is 1.56. The van der Waals surface area contributed by atoms with E-state index in [0.717, 1.165) is 49.8 Å². The Kier molecular flexibility index (Phi) is 5.48. The number of hydrogen-bond acceptors (Lipinski definition) is 5. The Hall–Kier alpha value is -2.19. The number of rotatable bonds is 6. The number of aromatic nitrogens is 2. The lowest BCUT2D eigenvalue weighted by Crippen LogP contribution is -2.32. The Morgan fingerprint density at radius 3 is 2.30 bits per heavy atom. The highest BCUT2D eigenvalue weighted by atomic mass is 32.2. The van der Waals surface area contributed by atoms with Crippen molar-refractivity contribution in [3.05, 3.63) is 45.6 Å². The summed E-state index contributed by atoms with van der Waals surface area (Å²) in [5.74, 6) is -0.489. The zero-order chi connectivity index (χ0) is 21.6. The molecule has 0 saturated carbocycles. The maximum Gasteiger partial charge on any atom is 0.283 e. The molecule has 0 radical (unpaired) electrons. The molecule has 4 rings (SSSR count). The highest BCUT2D eigenvalue weighted by molar-refractivity contribution is 7.90. The third-order valence-corrected chi connectivity index (χ3v) is 7.80. The molecule has 1 atom stereocenters. The maximum absolute atomic E-state index is 12.8. The van der Waals surface area contributed by atoms with E-state index in [2.05, 4.69) is 15.9 Å². The van der Waals surface area contributed by atoms with Crippen molar-refractivity contribution in [1.82, 2.24) is 19.4 Å². The van der Waals surface area contributed by atoms with Crippen LogP contribution < -0.4 is 4.72 Å². The molecule has 0 bridgehead atoms. The van der Waals surface area contributed by atoms with E-state index in [1.54, 1.807) is 11.7 Å². The number of hydrogen-bond donors (Lipinski definition) is 1. The largest absolute Gasteiger partial charge is 0.301 e. The van der Waals surface area contributed by atoms with Crippen LogP contribution in [0.1, 0.15) is 59.3 Å². The zero-order valence-electron chi connectivity index (χ0n) is 18.2. The van der Waals surface area contributed by atoms with Crippen LogP contribution in [0.4, 0.5) is 0 Å². The summed E-state index contributed by atoms with van der Waals surface area (Å²) in [6.45, 7) is 1.97. The molecule has 30 heavy (non-hydrogen) atoms. The fourth-order valence-corrected chi connectivity index (χ4v) is 5.77. The Morgan fingerprint density at radius 2 is 1.73 bits per heavy atom. The molecule has 1 N–H and O–H groups in total. The minimum absolute atomic E-state index is 0.00311. The predicted octanol–water partition coefficient (Wildman–Crippen LogP) is 2.07. The van der Waals surface area contributed by atoms with Crippen molar-refractivity contribution in [3.8, 4) is 0 Å². The average Bonchev–Trinajstić information content (AvgIpc) is 3.39. The van der Waals surface area contributed by atoms with E-state index in [1.807, 2.05) is 25.9 Å². The van der Waals surface area contributed by atoms with Gasteiger partial charge in [-0.15, -0.1) is 0 Å². The van der Waals surface area contributed by atoms with Gasteiger partial charge in [0.05, 0.1) is 12.1 Å². The average molecular weight is 431 g/mol. The highest BCUT2D eigenvalue weighted by Crippen LogP contribution is 2.35. The second-order valence-corrected chi connectivity index (χ2v) is 10.3. The molecule has 2 aromatic rings. The van der Waals surface area contributed by atoms with Gasteiger partial charge in [0.2, 0.25) is 5.91 Å². The summed E-state index contributed by atoms with van der Waals surface area (Å²) in [5.41, 5.74) is 7.05. The van der Waals surface area contributed by atoms with E-state index in [0.29, 0.717) is 0 Å². The smallest absolute Gasteiger partial charge is 0.283 e. The van der Waals surface area contributed by atoms with Gasteiger partial charge >= 0.3 is 0 Å². The summed E-state index contributed by atoms with van der Waals surface area (Å²) in [4.78, 5) is 14.8. The lowest BCUT2D eigenvalue weighted by molar-refractivity contribution is -0.118. The molecular formula is C22H30N4O3S. The first-order valence-electron chi connectivity index (χ1n) is 10.6. The minimum atomic E-state index is -4.02. The maximum atomic E-state index is 12.8. The van der Waals surface area contributed by atoms with Crippen LogP contribution >= 0.6 is 0 Å². The highest BCUT2D eigenvalue weighted by Gasteiger charge is 2.28. The Morgan fingerprint density at radius 1 is 1.13 bits per heavy atom. The van der Waals surface area contributed by atoms with Gasteiger partial charge in [-0.05, 0) is 87.4 Å². The lowest BCUT2D eigenvalue weighted by atomic mass is 9.92. The van der Waals surface area contributed by atoms with Crippen molar-refractivity contribution in [2.24, 2.45) is 7.05 Å². The minimum Gasteiger partial charge on any atom is -0.301 e. The normalized spacial score (nSPS) is 16.6. The van der Waals surface area contributed by atoms with Gasteiger partial charge < -0.3 is 4.90 Å². The SMILES string of the molecule is CC(c1cc(S(=O)(=O)NC(=O)Cc2c3c(cc4c2CCC4)CCC3)nn1C)N(C)C. The third-order valence-electron chi connectivity index (χ3n) is 6.56. The van der Waals surface area contributed by atoms with Gasteiger partial charge in [0.1, 0.15) is 0 Å². The van der Waals surface area contributed by atoms with Gasteiger partial charge in [0, 0.05) is 19.2 Å². The number of carbonyl (C=O) groups excluding carboxylic acids is 1. The van der Waals surface area contributed by atoms with E-state index >= 15 is 0 Å². The standard InChI is InChI=1S/C22H30N4O3S/c1-14(25(2)3)20-13-22(23-26(20)4)30(28,29)24-21(27)12-19-17-9-5-7-15(17)11-16-8-6-10-18(16)19/h11,13-14H,5-10,12H2,1-4H3,(H,24,27). The van der Waals surface area contributed by atoms with Crippen molar-refractivity contribution >= 4 is 15.9 Å². The fourth-order valence-electron chi connectivity index (χ4n) is 4.79. The van der Waals surface area contributed by atoms with Gasteiger partial charge in [-0.1, -0.05) is 6.07 Å². The van der Waals surface area contributed by atoms with Crippen molar-refractivity contribution in [1.29, 1.82) is 0 Å². The van der Waals surface area contributed by atoms with Crippen molar-refractivity contribution in [2.45, 2.75) is 62.9 Å². The van der Waals surface area contributed by atoms with Crippen LogP contribution in [-0.2, 0) is 54.0 Å². The molecule has 0 saturated heterocycles. The first kappa shape index (κ1) is 21.1. The molecule has 7 nitrogen and oxygen atoms in total. The van der Waals surface area contributed by atoms with Crippen LogP contribution in [-0.4, -0.2) is 43.1 Å². The van der Waals surface area contributed by atoms with E-state index in [9.17, 15) is 13.2 Å². The van der Waals surface area contributed by atoms with Crippen molar-refractivity contribution in [3.63, 3.8) is 0 Å². The summed E-state index contributed by atoms with van der Waals surface area (Å²) < 4.78 is 29.5. The number of nitrogens with one attached hydrogen (secondary N) is 1. The lowest BCUT2D eigenvalue weighted by Gasteiger charge is -2.19. The van der Waals surface area contributed by atoms with E-state index in [-0.39, 0.29) is 17.5 Å². The molecule has 0 spiro atoms. The molecule has 1 heterocycles. The van der Waals surface area contributed by atoms with Crippen LogP contribution in [0.5, 0.6) is 0 Å². The topological polar surface area (TPSA) is 84.3 Å². The number of sulfonamides is 1. The fraction of sp³-hybridized carbons (Fsp3) is 0.545. The van der Waals surface area contributed by atoms with Gasteiger partial charge in [-0.3, -0.25) is 9.48 Å². The van der Waals surface area contributed by atoms with Gasteiger partial charge in [0.15, 0.2) is 5.03 Å². The Labute approximate surface area is 178 Å². The summed E-state index contributed by atoms with van der Waals surface area (Å²) in [6, 6.07) is 3.85. The monoisotopic (exact) mass is 430 g/mol. The van der Waals surface area contributed by atoms with Crippen LogP contribution in [0.15, 0.2) is 17.2 Å². The molecule has 162 valence electrons. The van der Waals surface area contributed by atoms with E-state index in [1.165, 1.54) is 28.3 Å². The molecular weight excluding hydrogens is 400 g/mol.